The van der Waals surface area contributed by atoms with Crippen LogP contribution >= 0.6 is 0 Å². The molecule has 0 aliphatic heterocycles. The Kier molecular flexibility index (Phi) is 3.65. The Morgan fingerprint density at radius 2 is 2.21 bits per heavy atom. The highest BCUT2D eigenvalue weighted by Crippen LogP contribution is 2.47. The highest BCUT2D eigenvalue weighted by Gasteiger charge is 2.38. The largest absolute Gasteiger partial charge is 0.504 e. The Morgan fingerprint density at radius 3 is 2.89 bits per heavy atom. The van der Waals surface area contributed by atoms with E-state index in [-0.39, 0.29) is 5.75 Å². The summed E-state index contributed by atoms with van der Waals surface area (Å²) in [5.41, 5.74) is 1.16. The van der Waals surface area contributed by atoms with Gasteiger partial charge in [0.2, 0.25) is 0 Å². The zero-order valence-corrected chi connectivity index (χ0v) is 11.6. The van der Waals surface area contributed by atoms with E-state index in [9.17, 15) is 5.11 Å². The Bertz CT molecular complexity index is 446. The number of benzene rings is 1. The fraction of sp³-hybridized carbons (Fsp3) is 0.625. The van der Waals surface area contributed by atoms with Gasteiger partial charge in [0, 0.05) is 6.54 Å². The lowest BCUT2D eigenvalue weighted by molar-refractivity contribution is 0.318. The Hall–Kier alpha value is -1.22. The number of nitrogens with one attached hydrogen (secondary N) is 1. The molecule has 0 spiro atoms. The lowest BCUT2D eigenvalue weighted by Crippen LogP contribution is -2.26. The number of methoxy groups -OCH3 is 1. The second-order valence-corrected chi connectivity index (χ2v) is 6.07. The van der Waals surface area contributed by atoms with E-state index in [2.05, 4.69) is 5.32 Å². The molecule has 2 bridgehead atoms. The fourth-order valence-electron chi connectivity index (χ4n) is 3.86. The minimum atomic E-state index is 0.208. The second-order valence-electron chi connectivity index (χ2n) is 6.07. The van der Waals surface area contributed by atoms with E-state index < -0.39 is 0 Å². The van der Waals surface area contributed by atoms with Crippen LogP contribution in [0, 0.1) is 17.8 Å². The molecule has 2 fully saturated rings. The third-order valence-corrected chi connectivity index (χ3v) is 4.86. The molecule has 19 heavy (non-hydrogen) atoms. The number of rotatable bonds is 5. The maximum absolute atomic E-state index is 9.56. The summed E-state index contributed by atoms with van der Waals surface area (Å²) >= 11 is 0. The summed E-state index contributed by atoms with van der Waals surface area (Å²) in [5.74, 6) is 3.65. The monoisotopic (exact) mass is 261 g/mol. The van der Waals surface area contributed by atoms with Crippen molar-refractivity contribution in [1.82, 2.24) is 5.32 Å². The van der Waals surface area contributed by atoms with Gasteiger partial charge in [0.1, 0.15) is 0 Å². The van der Waals surface area contributed by atoms with Crippen molar-refractivity contribution in [2.24, 2.45) is 17.8 Å². The van der Waals surface area contributed by atoms with Gasteiger partial charge in [0.25, 0.3) is 0 Å². The van der Waals surface area contributed by atoms with Crippen molar-refractivity contribution in [2.45, 2.75) is 32.2 Å². The van der Waals surface area contributed by atoms with Gasteiger partial charge in [-0.2, -0.15) is 0 Å². The van der Waals surface area contributed by atoms with Crippen molar-refractivity contribution < 1.29 is 9.84 Å². The van der Waals surface area contributed by atoms with Gasteiger partial charge in [-0.1, -0.05) is 12.5 Å². The number of fused-ring (bicyclic) bond motifs is 2. The molecular formula is C16H23NO2. The molecule has 3 atom stereocenters. The number of aromatic hydroxyl groups is 1. The molecule has 2 saturated carbocycles. The lowest BCUT2D eigenvalue weighted by atomic mass is 9.89. The van der Waals surface area contributed by atoms with Crippen LogP contribution < -0.4 is 10.1 Å². The van der Waals surface area contributed by atoms with Crippen molar-refractivity contribution in [2.75, 3.05) is 13.7 Å². The van der Waals surface area contributed by atoms with Crippen molar-refractivity contribution in [3.05, 3.63) is 23.8 Å². The first kappa shape index (κ1) is 12.8. The number of phenols is 1. The van der Waals surface area contributed by atoms with Crippen LogP contribution in [0.4, 0.5) is 0 Å². The van der Waals surface area contributed by atoms with E-state index in [4.69, 9.17) is 4.74 Å². The van der Waals surface area contributed by atoms with Crippen LogP contribution in [0.2, 0.25) is 0 Å². The predicted molar refractivity (Wildman–Crippen MR) is 75.3 cm³/mol. The molecule has 1 aromatic rings. The molecule has 3 nitrogen and oxygen atoms in total. The molecule has 104 valence electrons. The standard InChI is InChI=1S/C16H23NO2/c1-19-16-8-12(3-5-15(16)18)9-17-10-14-7-11-2-4-13(14)6-11/h3,5,8,11,13-14,17-18H,2,4,6-7,9-10H2,1H3. The average molecular weight is 261 g/mol. The molecule has 3 unspecified atom stereocenters. The third kappa shape index (κ3) is 2.71. The van der Waals surface area contributed by atoms with Crippen molar-refractivity contribution >= 4 is 0 Å². The molecule has 1 aromatic carbocycles. The molecule has 2 N–H and O–H groups in total. The first-order valence-electron chi connectivity index (χ1n) is 7.33. The third-order valence-electron chi connectivity index (χ3n) is 4.86. The van der Waals surface area contributed by atoms with Crippen LogP contribution in [0.25, 0.3) is 0 Å². The van der Waals surface area contributed by atoms with Crippen LogP contribution in [0.5, 0.6) is 11.5 Å². The van der Waals surface area contributed by atoms with E-state index in [0.29, 0.717) is 5.75 Å². The maximum Gasteiger partial charge on any atom is 0.160 e. The van der Waals surface area contributed by atoms with E-state index in [0.717, 1.165) is 36.4 Å². The van der Waals surface area contributed by atoms with Gasteiger partial charge < -0.3 is 15.2 Å². The number of ether oxygens (including phenoxy) is 1. The molecule has 0 heterocycles. The molecule has 0 amide bonds. The predicted octanol–water partition coefficient (Wildman–Crippen LogP) is 2.93. The summed E-state index contributed by atoms with van der Waals surface area (Å²) in [6, 6.07) is 5.56. The Labute approximate surface area is 115 Å². The Balaban J connectivity index is 1.50. The van der Waals surface area contributed by atoms with E-state index >= 15 is 0 Å². The minimum absolute atomic E-state index is 0.208. The highest BCUT2D eigenvalue weighted by molar-refractivity contribution is 5.41. The molecule has 0 saturated heterocycles. The van der Waals surface area contributed by atoms with Crippen LogP contribution in [-0.4, -0.2) is 18.8 Å². The zero-order valence-electron chi connectivity index (χ0n) is 11.6. The number of phenolic OH excluding ortho intramolecular Hbond substituents is 1. The van der Waals surface area contributed by atoms with Gasteiger partial charge in [-0.3, -0.25) is 0 Å². The quantitative estimate of drug-likeness (QED) is 0.856. The van der Waals surface area contributed by atoms with E-state index in [1.54, 1.807) is 13.2 Å². The van der Waals surface area contributed by atoms with Crippen molar-refractivity contribution in [1.29, 1.82) is 0 Å². The van der Waals surface area contributed by atoms with E-state index in [1.165, 1.54) is 25.7 Å². The minimum Gasteiger partial charge on any atom is -0.504 e. The van der Waals surface area contributed by atoms with E-state index in [1.807, 2.05) is 12.1 Å². The van der Waals surface area contributed by atoms with Crippen molar-refractivity contribution in [3.8, 4) is 11.5 Å². The maximum atomic E-state index is 9.56. The molecule has 3 rings (SSSR count). The average Bonchev–Trinajstić information content (AvgIpc) is 3.03. The normalized spacial score (nSPS) is 28.8. The fourth-order valence-corrected chi connectivity index (χ4v) is 3.86. The van der Waals surface area contributed by atoms with Gasteiger partial charge >= 0.3 is 0 Å². The summed E-state index contributed by atoms with van der Waals surface area (Å²) in [7, 11) is 1.58. The summed E-state index contributed by atoms with van der Waals surface area (Å²) in [5, 5.41) is 13.1. The van der Waals surface area contributed by atoms with Gasteiger partial charge in [0.05, 0.1) is 7.11 Å². The molecule has 0 aromatic heterocycles. The molecule has 2 aliphatic rings. The second kappa shape index (κ2) is 5.41. The van der Waals surface area contributed by atoms with Gasteiger partial charge in [-0.05, 0) is 61.3 Å². The molecule has 3 heteroatoms. The van der Waals surface area contributed by atoms with Crippen molar-refractivity contribution in [3.63, 3.8) is 0 Å². The van der Waals surface area contributed by atoms with Crippen LogP contribution in [-0.2, 0) is 6.54 Å². The molecular weight excluding hydrogens is 238 g/mol. The van der Waals surface area contributed by atoms with Gasteiger partial charge in [-0.15, -0.1) is 0 Å². The summed E-state index contributed by atoms with van der Waals surface area (Å²) in [6.45, 7) is 1.98. The molecule has 0 radical (unpaired) electrons. The SMILES string of the molecule is COc1cc(CNCC2CC3CCC2C3)ccc1O. The zero-order chi connectivity index (χ0) is 13.2. The first-order chi connectivity index (χ1) is 9.26. The van der Waals surface area contributed by atoms with Gasteiger partial charge in [0.15, 0.2) is 11.5 Å². The summed E-state index contributed by atoms with van der Waals surface area (Å²) in [6.07, 6.45) is 5.82. The summed E-state index contributed by atoms with van der Waals surface area (Å²) in [4.78, 5) is 0. The Morgan fingerprint density at radius 1 is 1.32 bits per heavy atom. The number of hydrogen-bond donors (Lipinski definition) is 2. The number of hydrogen-bond acceptors (Lipinski definition) is 3. The van der Waals surface area contributed by atoms with Crippen LogP contribution in [0.3, 0.4) is 0 Å². The lowest BCUT2D eigenvalue weighted by Gasteiger charge is -2.22. The topological polar surface area (TPSA) is 41.5 Å². The first-order valence-corrected chi connectivity index (χ1v) is 7.33. The summed E-state index contributed by atoms with van der Waals surface area (Å²) < 4.78 is 5.13. The smallest absolute Gasteiger partial charge is 0.160 e. The molecule has 2 aliphatic carbocycles. The van der Waals surface area contributed by atoms with Gasteiger partial charge in [-0.25, -0.2) is 0 Å². The van der Waals surface area contributed by atoms with Crippen LogP contribution in [0.1, 0.15) is 31.2 Å². The highest BCUT2D eigenvalue weighted by atomic mass is 16.5. The van der Waals surface area contributed by atoms with Crippen LogP contribution in [0.15, 0.2) is 18.2 Å².